The first-order valence-electron chi connectivity index (χ1n) is 7.30. The molecule has 0 aromatic heterocycles. The smallest absolute Gasteiger partial charge is 0.323 e. The molecule has 1 aromatic rings. The third-order valence-electron chi connectivity index (χ3n) is 4.38. The number of rotatable bonds is 4. The summed E-state index contributed by atoms with van der Waals surface area (Å²) in [7, 11) is 3.79. The minimum Gasteiger partial charge on any atom is -0.469 e. The molecule has 2 rings (SSSR count). The Balaban J connectivity index is 2.50. The lowest BCUT2D eigenvalue weighted by Crippen LogP contribution is -2.46. The van der Waals surface area contributed by atoms with Gasteiger partial charge in [-0.3, -0.25) is 14.4 Å². The Kier molecular flexibility index (Phi) is 5.03. The molecule has 0 radical (unpaired) electrons. The van der Waals surface area contributed by atoms with Crippen LogP contribution in [-0.4, -0.2) is 39.2 Å². The molecule has 0 saturated carbocycles. The quantitative estimate of drug-likeness (QED) is 0.476. The summed E-state index contributed by atoms with van der Waals surface area (Å²) in [5.74, 6) is -2.00. The van der Waals surface area contributed by atoms with E-state index in [2.05, 4.69) is 0 Å². The van der Waals surface area contributed by atoms with Gasteiger partial charge in [0.15, 0.2) is 5.41 Å². The van der Waals surface area contributed by atoms with E-state index in [0.29, 0.717) is 0 Å². The number of esters is 3. The van der Waals surface area contributed by atoms with E-state index in [1.54, 1.807) is 0 Å². The molecule has 0 bridgehead atoms. The molecule has 1 unspecified atom stereocenters. The molecule has 1 aromatic carbocycles. The van der Waals surface area contributed by atoms with Gasteiger partial charge in [0, 0.05) is 0 Å². The van der Waals surface area contributed by atoms with Crippen molar-refractivity contribution in [2.24, 2.45) is 5.41 Å². The van der Waals surface area contributed by atoms with Gasteiger partial charge in [-0.25, -0.2) is 0 Å². The highest BCUT2D eigenvalue weighted by atomic mass is 16.5. The highest BCUT2D eigenvalue weighted by Gasteiger charge is 2.53. The minimum atomic E-state index is -1.43. The van der Waals surface area contributed by atoms with Crippen LogP contribution in [0.15, 0.2) is 24.3 Å². The van der Waals surface area contributed by atoms with Crippen LogP contribution in [0.2, 0.25) is 0 Å². The fourth-order valence-electron chi connectivity index (χ4n) is 3.27. The molecule has 0 saturated heterocycles. The van der Waals surface area contributed by atoms with Crippen LogP contribution in [0.3, 0.4) is 0 Å². The summed E-state index contributed by atoms with van der Waals surface area (Å²) in [5, 5.41) is 0. The van der Waals surface area contributed by atoms with Crippen molar-refractivity contribution in [3.8, 4) is 0 Å². The Hall–Kier alpha value is -2.37. The van der Waals surface area contributed by atoms with Gasteiger partial charge in [0.2, 0.25) is 0 Å². The Morgan fingerprint density at radius 3 is 2.22 bits per heavy atom. The van der Waals surface area contributed by atoms with Gasteiger partial charge < -0.3 is 14.2 Å². The van der Waals surface area contributed by atoms with Gasteiger partial charge >= 0.3 is 17.9 Å². The van der Waals surface area contributed by atoms with E-state index in [-0.39, 0.29) is 25.2 Å². The van der Waals surface area contributed by atoms with Crippen molar-refractivity contribution < 1.29 is 28.6 Å². The minimum absolute atomic E-state index is 0.0866. The molecule has 0 fully saturated rings. The Bertz CT molecular complexity index is 605. The molecule has 0 amide bonds. The number of methoxy groups -OCH3 is 3. The first-order valence-corrected chi connectivity index (χ1v) is 7.30. The summed E-state index contributed by atoms with van der Waals surface area (Å²) in [6.07, 6.45) is 0.432. The van der Waals surface area contributed by atoms with Crippen LogP contribution in [0.1, 0.15) is 29.9 Å². The molecule has 1 atom stereocenters. The average Bonchev–Trinajstić information content (AvgIpc) is 2.59. The van der Waals surface area contributed by atoms with Crippen molar-refractivity contribution >= 4 is 17.9 Å². The zero-order valence-corrected chi connectivity index (χ0v) is 13.5. The second kappa shape index (κ2) is 6.81. The lowest BCUT2D eigenvalue weighted by Gasteiger charge is -2.37. The molecule has 0 aliphatic heterocycles. The predicted molar refractivity (Wildman–Crippen MR) is 80.6 cm³/mol. The first kappa shape index (κ1) is 17.0. The summed E-state index contributed by atoms with van der Waals surface area (Å²) in [6, 6.07) is 7.45. The molecule has 124 valence electrons. The topological polar surface area (TPSA) is 78.9 Å². The van der Waals surface area contributed by atoms with Gasteiger partial charge in [0.25, 0.3) is 0 Å². The molecule has 23 heavy (non-hydrogen) atoms. The zero-order chi connectivity index (χ0) is 17.0. The van der Waals surface area contributed by atoms with E-state index in [0.717, 1.165) is 11.1 Å². The maximum absolute atomic E-state index is 12.4. The third kappa shape index (κ3) is 3.06. The van der Waals surface area contributed by atoms with Gasteiger partial charge in [-0.1, -0.05) is 24.3 Å². The largest absolute Gasteiger partial charge is 0.469 e. The van der Waals surface area contributed by atoms with Crippen molar-refractivity contribution in [2.45, 2.75) is 25.2 Å². The number of ether oxygens (including phenoxy) is 3. The van der Waals surface area contributed by atoms with Crippen LogP contribution >= 0.6 is 0 Å². The molecule has 6 heteroatoms. The molecular weight excluding hydrogens is 300 g/mol. The lowest BCUT2D eigenvalue weighted by atomic mass is 9.66. The normalized spacial score (nSPS) is 18.5. The fourth-order valence-corrected chi connectivity index (χ4v) is 3.27. The van der Waals surface area contributed by atoms with Crippen molar-refractivity contribution in [3.05, 3.63) is 35.4 Å². The monoisotopic (exact) mass is 320 g/mol. The van der Waals surface area contributed by atoms with E-state index < -0.39 is 23.3 Å². The lowest BCUT2D eigenvalue weighted by molar-refractivity contribution is -0.171. The standard InChI is InChI=1S/C17H20O6/c1-21-14(18)8-12-10-17(15(19)22-2,16(20)23-3)9-11-6-4-5-7-13(11)12/h4-7,12H,8-10H2,1-3H3. The predicted octanol–water partition coefficient (Wildman–Crippen LogP) is 1.61. The molecule has 0 N–H and O–H groups in total. The highest BCUT2D eigenvalue weighted by Crippen LogP contribution is 2.45. The Morgan fingerprint density at radius 2 is 1.65 bits per heavy atom. The van der Waals surface area contributed by atoms with Crippen LogP contribution in [0.5, 0.6) is 0 Å². The number of hydrogen-bond acceptors (Lipinski definition) is 6. The SMILES string of the molecule is COC(=O)CC1CC(C(=O)OC)(C(=O)OC)Cc2ccccc21. The summed E-state index contributed by atoms with van der Waals surface area (Å²) in [6.45, 7) is 0. The second-order valence-corrected chi connectivity index (χ2v) is 5.62. The van der Waals surface area contributed by atoms with Gasteiger partial charge in [-0.15, -0.1) is 0 Å². The molecule has 1 aliphatic rings. The fraction of sp³-hybridized carbons (Fsp3) is 0.471. The molecular formula is C17H20O6. The van der Waals surface area contributed by atoms with E-state index in [1.807, 2.05) is 24.3 Å². The van der Waals surface area contributed by atoms with Gasteiger partial charge in [-0.05, 0) is 29.9 Å². The van der Waals surface area contributed by atoms with Gasteiger partial charge in [0.1, 0.15) is 0 Å². The summed E-state index contributed by atoms with van der Waals surface area (Å²) in [4.78, 5) is 36.4. The van der Waals surface area contributed by atoms with E-state index >= 15 is 0 Å². The maximum Gasteiger partial charge on any atom is 0.323 e. The second-order valence-electron chi connectivity index (χ2n) is 5.62. The van der Waals surface area contributed by atoms with E-state index in [9.17, 15) is 14.4 Å². The first-order chi connectivity index (χ1) is 11.0. The van der Waals surface area contributed by atoms with Gasteiger partial charge in [0.05, 0.1) is 27.8 Å². The van der Waals surface area contributed by atoms with Crippen LogP contribution in [0.25, 0.3) is 0 Å². The van der Waals surface area contributed by atoms with Crippen LogP contribution in [-0.2, 0) is 35.0 Å². The maximum atomic E-state index is 12.4. The van der Waals surface area contributed by atoms with Crippen LogP contribution in [0.4, 0.5) is 0 Å². The van der Waals surface area contributed by atoms with Crippen LogP contribution < -0.4 is 0 Å². The van der Waals surface area contributed by atoms with Gasteiger partial charge in [-0.2, -0.15) is 0 Å². The van der Waals surface area contributed by atoms with Crippen molar-refractivity contribution in [2.75, 3.05) is 21.3 Å². The average molecular weight is 320 g/mol. The number of fused-ring (bicyclic) bond motifs is 1. The summed E-state index contributed by atoms with van der Waals surface area (Å²) in [5.41, 5.74) is 0.348. The number of carbonyl (C=O) groups excluding carboxylic acids is 3. The highest BCUT2D eigenvalue weighted by molar-refractivity contribution is 6.01. The van der Waals surface area contributed by atoms with Crippen molar-refractivity contribution in [3.63, 3.8) is 0 Å². The number of benzene rings is 1. The molecule has 6 nitrogen and oxygen atoms in total. The molecule has 0 spiro atoms. The number of hydrogen-bond donors (Lipinski definition) is 0. The Morgan fingerprint density at radius 1 is 1.04 bits per heavy atom. The zero-order valence-electron chi connectivity index (χ0n) is 13.5. The Labute approximate surface area is 134 Å². The summed E-state index contributed by atoms with van der Waals surface area (Å²) < 4.78 is 14.4. The van der Waals surface area contributed by atoms with Crippen molar-refractivity contribution in [1.82, 2.24) is 0 Å². The number of carbonyl (C=O) groups is 3. The van der Waals surface area contributed by atoms with E-state index in [1.165, 1.54) is 21.3 Å². The third-order valence-corrected chi connectivity index (χ3v) is 4.38. The van der Waals surface area contributed by atoms with Crippen LogP contribution in [0, 0.1) is 5.41 Å². The van der Waals surface area contributed by atoms with Crippen molar-refractivity contribution in [1.29, 1.82) is 0 Å². The molecule has 0 heterocycles. The molecule has 1 aliphatic carbocycles. The van der Waals surface area contributed by atoms with E-state index in [4.69, 9.17) is 14.2 Å². The summed E-state index contributed by atoms with van der Waals surface area (Å²) >= 11 is 0.